The summed E-state index contributed by atoms with van der Waals surface area (Å²) in [7, 11) is 0. The molecule has 0 aliphatic heterocycles. The molecule has 0 atom stereocenters. The van der Waals surface area contributed by atoms with Gasteiger partial charge in [0.1, 0.15) is 9.64 Å². The number of rotatable bonds is 2. The molecule has 0 fully saturated rings. The first kappa shape index (κ1) is 11.0. The van der Waals surface area contributed by atoms with E-state index in [1.807, 2.05) is 0 Å². The zero-order valence-electron chi connectivity index (χ0n) is 7.86. The topological polar surface area (TPSA) is 53.1 Å². The van der Waals surface area contributed by atoms with E-state index in [1.165, 1.54) is 23.7 Å². The normalized spacial score (nSPS) is 10.3. The fourth-order valence-corrected chi connectivity index (χ4v) is 2.14. The van der Waals surface area contributed by atoms with Crippen molar-refractivity contribution in [3.05, 3.63) is 39.5 Å². The van der Waals surface area contributed by atoms with Gasteiger partial charge in [0.15, 0.2) is 0 Å². The van der Waals surface area contributed by atoms with Crippen molar-refractivity contribution >= 4 is 29.7 Å². The standard InChI is InChI=1S/C10H6FNO2S2/c11-5-1-2-6(10(13)14)7(3-5)8-4-9(15)16-12-8/h1-4,12H,(H,13,14). The first-order valence-electron chi connectivity index (χ1n) is 4.29. The third-order valence-electron chi connectivity index (χ3n) is 2.03. The molecule has 0 bridgehead atoms. The van der Waals surface area contributed by atoms with Crippen molar-refractivity contribution in [1.82, 2.24) is 4.37 Å². The Morgan fingerprint density at radius 1 is 1.44 bits per heavy atom. The van der Waals surface area contributed by atoms with E-state index in [1.54, 1.807) is 6.07 Å². The first-order valence-corrected chi connectivity index (χ1v) is 5.52. The average Bonchev–Trinajstić information content (AvgIpc) is 2.64. The molecule has 0 saturated heterocycles. The number of halogens is 1. The number of carboxylic acid groups (broad SMARTS) is 1. The van der Waals surface area contributed by atoms with E-state index >= 15 is 0 Å². The van der Waals surface area contributed by atoms with Gasteiger partial charge in [-0.25, -0.2) is 9.18 Å². The SMILES string of the molecule is O=C(O)c1ccc(F)cc1-c1cc(=S)s[nH]1. The van der Waals surface area contributed by atoms with Gasteiger partial charge in [0.25, 0.3) is 0 Å². The van der Waals surface area contributed by atoms with Crippen molar-refractivity contribution in [3.63, 3.8) is 0 Å². The molecule has 0 saturated carbocycles. The second-order valence-electron chi connectivity index (χ2n) is 3.08. The summed E-state index contributed by atoms with van der Waals surface area (Å²) in [6, 6.07) is 5.15. The average molecular weight is 255 g/mol. The minimum absolute atomic E-state index is 0.0467. The van der Waals surface area contributed by atoms with Gasteiger partial charge in [-0.3, -0.25) is 0 Å². The molecular formula is C10H6FNO2S2. The Bertz CT molecular complexity index is 603. The number of aromatic carboxylic acids is 1. The van der Waals surface area contributed by atoms with Gasteiger partial charge in [0.05, 0.1) is 11.3 Å². The molecule has 0 spiro atoms. The lowest BCUT2D eigenvalue weighted by molar-refractivity contribution is 0.0697. The molecule has 1 aromatic carbocycles. The minimum atomic E-state index is -1.10. The smallest absolute Gasteiger partial charge is 0.336 e. The Labute approximate surface area is 99.3 Å². The molecular weight excluding hydrogens is 249 g/mol. The summed E-state index contributed by atoms with van der Waals surface area (Å²) in [5.41, 5.74) is 0.872. The molecule has 16 heavy (non-hydrogen) atoms. The maximum Gasteiger partial charge on any atom is 0.336 e. The number of aromatic amines is 1. The van der Waals surface area contributed by atoms with Gasteiger partial charge < -0.3 is 9.48 Å². The van der Waals surface area contributed by atoms with E-state index in [9.17, 15) is 9.18 Å². The van der Waals surface area contributed by atoms with Crippen LogP contribution in [0.2, 0.25) is 0 Å². The number of carboxylic acids is 1. The third-order valence-corrected chi connectivity index (χ3v) is 3.03. The molecule has 0 aliphatic carbocycles. The number of nitrogens with one attached hydrogen (secondary N) is 1. The second kappa shape index (κ2) is 4.15. The van der Waals surface area contributed by atoms with Crippen LogP contribution in [0.4, 0.5) is 4.39 Å². The Hall–Kier alpha value is -1.53. The van der Waals surface area contributed by atoms with Crippen LogP contribution >= 0.6 is 23.8 Å². The van der Waals surface area contributed by atoms with Crippen molar-refractivity contribution in [3.8, 4) is 11.3 Å². The largest absolute Gasteiger partial charge is 0.478 e. The molecule has 1 heterocycles. The summed E-state index contributed by atoms with van der Waals surface area (Å²) in [4.78, 5) is 11.0. The predicted molar refractivity (Wildman–Crippen MR) is 61.9 cm³/mol. The Kier molecular flexibility index (Phi) is 2.84. The molecule has 0 amide bonds. The van der Waals surface area contributed by atoms with Crippen LogP contribution in [-0.4, -0.2) is 15.4 Å². The van der Waals surface area contributed by atoms with Gasteiger partial charge in [-0.2, -0.15) is 0 Å². The number of H-pyrrole nitrogens is 1. The second-order valence-corrected chi connectivity index (χ2v) is 4.62. The molecule has 2 aromatic rings. The summed E-state index contributed by atoms with van der Waals surface area (Å²) in [6.07, 6.45) is 0. The van der Waals surface area contributed by atoms with Gasteiger partial charge >= 0.3 is 5.97 Å². The van der Waals surface area contributed by atoms with Gasteiger partial charge in [0.2, 0.25) is 0 Å². The van der Waals surface area contributed by atoms with E-state index in [0.717, 1.165) is 6.07 Å². The highest BCUT2D eigenvalue weighted by Gasteiger charge is 2.13. The van der Waals surface area contributed by atoms with E-state index in [2.05, 4.69) is 4.37 Å². The molecule has 2 N–H and O–H groups in total. The molecule has 0 radical (unpaired) electrons. The molecule has 1 aromatic heterocycles. The van der Waals surface area contributed by atoms with Gasteiger partial charge in [-0.05, 0) is 24.3 Å². The minimum Gasteiger partial charge on any atom is -0.478 e. The number of carbonyl (C=O) groups is 1. The van der Waals surface area contributed by atoms with Gasteiger partial charge in [-0.15, -0.1) is 0 Å². The van der Waals surface area contributed by atoms with E-state index < -0.39 is 11.8 Å². The molecule has 6 heteroatoms. The highest BCUT2D eigenvalue weighted by Crippen LogP contribution is 2.25. The summed E-state index contributed by atoms with van der Waals surface area (Å²) >= 11 is 6.12. The molecule has 0 aliphatic rings. The predicted octanol–water partition coefficient (Wildman–Crippen LogP) is 3.31. The van der Waals surface area contributed by atoms with Crippen molar-refractivity contribution in [2.45, 2.75) is 0 Å². The van der Waals surface area contributed by atoms with Crippen molar-refractivity contribution in [1.29, 1.82) is 0 Å². The lowest BCUT2D eigenvalue weighted by atomic mass is 10.0. The highest BCUT2D eigenvalue weighted by atomic mass is 32.2. The highest BCUT2D eigenvalue weighted by molar-refractivity contribution is 7.73. The monoisotopic (exact) mass is 255 g/mol. The van der Waals surface area contributed by atoms with E-state index in [4.69, 9.17) is 17.3 Å². The third kappa shape index (κ3) is 2.02. The zero-order valence-corrected chi connectivity index (χ0v) is 9.49. The van der Waals surface area contributed by atoms with E-state index in [0.29, 0.717) is 15.1 Å². The van der Waals surface area contributed by atoms with Crippen LogP contribution in [0.25, 0.3) is 11.3 Å². The van der Waals surface area contributed by atoms with Gasteiger partial charge in [0, 0.05) is 5.56 Å². The Morgan fingerprint density at radius 3 is 2.75 bits per heavy atom. The van der Waals surface area contributed by atoms with Crippen LogP contribution in [0.3, 0.4) is 0 Å². The van der Waals surface area contributed by atoms with Crippen LogP contribution in [-0.2, 0) is 0 Å². The van der Waals surface area contributed by atoms with Gasteiger partial charge in [-0.1, -0.05) is 23.8 Å². The van der Waals surface area contributed by atoms with Crippen LogP contribution in [0, 0.1) is 9.64 Å². The number of benzene rings is 1. The summed E-state index contributed by atoms with van der Waals surface area (Å²) in [6.45, 7) is 0. The van der Waals surface area contributed by atoms with Crippen LogP contribution in [0.1, 0.15) is 10.4 Å². The maximum absolute atomic E-state index is 13.1. The summed E-state index contributed by atoms with van der Waals surface area (Å²) in [5, 5.41) is 8.97. The molecule has 2 rings (SSSR count). The van der Waals surface area contributed by atoms with Crippen LogP contribution < -0.4 is 0 Å². The number of hydrogen-bond donors (Lipinski definition) is 2. The van der Waals surface area contributed by atoms with E-state index in [-0.39, 0.29) is 5.56 Å². The zero-order chi connectivity index (χ0) is 11.7. The quantitative estimate of drug-likeness (QED) is 0.809. The number of hydrogen-bond acceptors (Lipinski definition) is 3. The van der Waals surface area contributed by atoms with Crippen molar-refractivity contribution in [2.24, 2.45) is 0 Å². The van der Waals surface area contributed by atoms with Crippen LogP contribution in [0.15, 0.2) is 24.3 Å². The molecule has 3 nitrogen and oxygen atoms in total. The Balaban J connectivity index is 2.66. The fourth-order valence-electron chi connectivity index (χ4n) is 1.34. The van der Waals surface area contributed by atoms with Crippen LogP contribution in [0.5, 0.6) is 0 Å². The number of aromatic nitrogens is 1. The maximum atomic E-state index is 13.1. The molecule has 0 unspecified atom stereocenters. The first-order chi connectivity index (χ1) is 7.58. The summed E-state index contributed by atoms with van der Waals surface area (Å²) < 4.78 is 16.5. The lowest BCUT2D eigenvalue weighted by Gasteiger charge is -2.03. The summed E-state index contributed by atoms with van der Waals surface area (Å²) in [5.74, 6) is -1.58. The fraction of sp³-hybridized carbons (Fsp3) is 0. The van der Waals surface area contributed by atoms with Crippen molar-refractivity contribution in [2.75, 3.05) is 0 Å². The lowest BCUT2D eigenvalue weighted by Crippen LogP contribution is -2.00. The van der Waals surface area contributed by atoms with Crippen molar-refractivity contribution < 1.29 is 14.3 Å². The Morgan fingerprint density at radius 2 is 2.19 bits per heavy atom. The molecule has 82 valence electrons.